The molecule has 0 radical (unpaired) electrons. The molecule has 0 aromatic heterocycles. The van der Waals surface area contributed by atoms with E-state index in [1.165, 1.54) is 0 Å². The molecule has 1 rings (SSSR count). The van der Waals surface area contributed by atoms with E-state index in [1.807, 2.05) is 13.8 Å². The van der Waals surface area contributed by atoms with Crippen molar-refractivity contribution in [3.05, 3.63) is 0 Å². The van der Waals surface area contributed by atoms with Crippen molar-refractivity contribution in [1.29, 1.82) is 0 Å². The van der Waals surface area contributed by atoms with E-state index >= 15 is 0 Å². The molecule has 1 aliphatic rings. The summed E-state index contributed by atoms with van der Waals surface area (Å²) < 4.78 is 5.10. The first kappa shape index (κ1) is 14.8. The molecule has 0 aromatic carbocycles. The molecule has 0 heterocycles. The molecular formula is C13H23NO4. The summed E-state index contributed by atoms with van der Waals surface area (Å²) in [5.74, 6) is -0.661. The van der Waals surface area contributed by atoms with Crippen LogP contribution >= 0.6 is 0 Å². The third kappa shape index (κ3) is 3.89. The van der Waals surface area contributed by atoms with E-state index in [-0.39, 0.29) is 0 Å². The molecule has 1 saturated carbocycles. The normalized spacial score (nSPS) is 18.1. The van der Waals surface area contributed by atoms with Crippen LogP contribution in [0.1, 0.15) is 47.5 Å². The Morgan fingerprint density at radius 3 is 2.06 bits per heavy atom. The van der Waals surface area contributed by atoms with Gasteiger partial charge < -0.3 is 15.2 Å². The van der Waals surface area contributed by atoms with E-state index in [0.29, 0.717) is 5.92 Å². The number of ether oxygens (including phenoxy) is 1. The van der Waals surface area contributed by atoms with Crippen LogP contribution in [0.25, 0.3) is 0 Å². The lowest BCUT2D eigenvalue weighted by Crippen LogP contribution is -2.52. The lowest BCUT2D eigenvalue weighted by atomic mass is 9.79. The van der Waals surface area contributed by atoms with Crippen LogP contribution in [0.4, 0.5) is 4.79 Å². The van der Waals surface area contributed by atoms with Crippen molar-refractivity contribution in [3.8, 4) is 0 Å². The topological polar surface area (TPSA) is 75.6 Å². The number of carboxylic acid groups (broad SMARTS) is 1. The van der Waals surface area contributed by atoms with Crippen LogP contribution < -0.4 is 5.32 Å². The van der Waals surface area contributed by atoms with E-state index in [2.05, 4.69) is 5.32 Å². The van der Waals surface area contributed by atoms with Gasteiger partial charge in [0.1, 0.15) is 11.6 Å². The van der Waals surface area contributed by atoms with Gasteiger partial charge in [0.15, 0.2) is 0 Å². The number of hydrogen-bond donors (Lipinski definition) is 2. The second-order valence-corrected chi connectivity index (χ2v) is 6.51. The number of carbonyl (C=O) groups is 2. The molecule has 0 aliphatic heterocycles. The summed E-state index contributed by atoms with van der Waals surface area (Å²) in [6.07, 6.45) is 1.36. The average molecular weight is 257 g/mol. The number of alkyl carbamates (subject to hydrolysis) is 1. The summed E-state index contributed by atoms with van der Waals surface area (Å²) in [5.41, 5.74) is -1.08. The molecule has 1 aliphatic carbocycles. The fourth-order valence-corrected chi connectivity index (χ4v) is 2.05. The molecule has 2 N–H and O–H groups in total. The summed E-state index contributed by atoms with van der Waals surface area (Å²) in [6.45, 7) is 8.98. The molecule has 5 nitrogen and oxygen atoms in total. The summed E-state index contributed by atoms with van der Waals surface area (Å²) >= 11 is 0. The van der Waals surface area contributed by atoms with Crippen LogP contribution in [0.5, 0.6) is 0 Å². The largest absolute Gasteiger partial charge is 0.480 e. The van der Waals surface area contributed by atoms with E-state index in [4.69, 9.17) is 4.74 Å². The highest BCUT2D eigenvalue weighted by atomic mass is 16.6. The highest BCUT2D eigenvalue weighted by Crippen LogP contribution is 2.47. The summed E-state index contributed by atoms with van der Waals surface area (Å²) in [4.78, 5) is 23.0. The van der Waals surface area contributed by atoms with Gasteiger partial charge in [0.2, 0.25) is 0 Å². The van der Waals surface area contributed by atoms with Gasteiger partial charge in [-0.15, -0.1) is 0 Å². The van der Waals surface area contributed by atoms with Crippen molar-refractivity contribution >= 4 is 12.1 Å². The minimum atomic E-state index is -1.02. The van der Waals surface area contributed by atoms with Crippen molar-refractivity contribution in [2.75, 3.05) is 0 Å². The Morgan fingerprint density at radius 2 is 1.72 bits per heavy atom. The number of amides is 1. The number of carbonyl (C=O) groups excluding carboxylic acids is 1. The van der Waals surface area contributed by atoms with E-state index in [9.17, 15) is 14.7 Å². The maximum atomic E-state index is 11.7. The maximum Gasteiger partial charge on any atom is 0.408 e. The van der Waals surface area contributed by atoms with Crippen LogP contribution in [-0.4, -0.2) is 28.8 Å². The molecule has 0 aromatic rings. The number of nitrogens with one attached hydrogen (secondary N) is 1. The van der Waals surface area contributed by atoms with Crippen LogP contribution in [0, 0.1) is 11.3 Å². The monoisotopic (exact) mass is 257 g/mol. The Balaban J connectivity index is 2.69. The van der Waals surface area contributed by atoms with Crippen molar-refractivity contribution in [3.63, 3.8) is 0 Å². The fraction of sp³-hybridized carbons (Fsp3) is 0.846. The molecule has 1 atom stereocenters. The highest BCUT2D eigenvalue weighted by Gasteiger charge is 2.47. The van der Waals surface area contributed by atoms with Crippen LogP contribution in [0.3, 0.4) is 0 Å². The summed E-state index contributed by atoms with van der Waals surface area (Å²) in [6, 6.07) is -0.917. The second kappa shape index (κ2) is 4.78. The summed E-state index contributed by atoms with van der Waals surface area (Å²) in [7, 11) is 0. The Morgan fingerprint density at radius 1 is 1.22 bits per heavy atom. The van der Waals surface area contributed by atoms with Gasteiger partial charge in [0.25, 0.3) is 0 Å². The highest BCUT2D eigenvalue weighted by molar-refractivity contribution is 5.81. The van der Waals surface area contributed by atoms with Crippen LogP contribution in [0.15, 0.2) is 0 Å². The zero-order valence-electron chi connectivity index (χ0n) is 11.7. The van der Waals surface area contributed by atoms with Gasteiger partial charge in [-0.3, -0.25) is 0 Å². The van der Waals surface area contributed by atoms with Crippen molar-refractivity contribution < 1.29 is 19.4 Å². The van der Waals surface area contributed by atoms with E-state index in [1.54, 1.807) is 20.8 Å². The maximum absolute atomic E-state index is 11.7. The smallest absolute Gasteiger partial charge is 0.408 e. The SMILES string of the molecule is CC(C)(C)OC(=O)NC(C(=O)O)C(C)(C)C1CC1. The first-order valence-corrected chi connectivity index (χ1v) is 6.26. The molecule has 0 bridgehead atoms. The molecule has 0 saturated heterocycles. The molecule has 5 heteroatoms. The van der Waals surface area contributed by atoms with Crippen molar-refractivity contribution in [2.45, 2.75) is 59.1 Å². The fourth-order valence-electron chi connectivity index (χ4n) is 2.05. The third-order valence-corrected chi connectivity index (χ3v) is 3.28. The Hall–Kier alpha value is -1.26. The van der Waals surface area contributed by atoms with E-state index < -0.39 is 29.1 Å². The Bertz CT molecular complexity index is 339. The first-order valence-electron chi connectivity index (χ1n) is 6.26. The molecule has 1 fully saturated rings. The second-order valence-electron chi connectivity index (χ2n) is 6.51. The number of aliphatic carboxylic acids is 1. The minimum Gasteiger partial charge on any atom is -0.480 e. The molecule has 1 amide bonds. The predicted molar refractivity (Wildman–Crippen MR) is 67.3 cm³/mol. The minimum absolute atomic E-state index is 0.355. The Labute approximate surface area is 108 Å². The Kier molecular flexibility index (Phi) is 3.93. The van der Waals surface area contributed by atoms with Crippen molar-refractivity contribution in [1.82, 2.24) is 5.32 Å². The molecule has 0 spiro atoms. The lowest BCUT2D eigenvalue weighted by Gasteiger charge is -2.32. The first-order chi connectivity index (χ1) is 8.04. The van der Waals surface area contributed by atoms with Gasteiger partial charge in [-0.1, -0.05) is 13.8 Å². The zero-order valence-corrected chi connectivity index (χ0v) is 11.7. The number of rotatable bonds is 4. The molecule has 18 heavy (non-hydrogen) atoms. The van der Waals surface area contributed by atoms with Crippen LogP contribution in [0.2, 0.25) is 0 Å². The number of hydrogen-bond acceptors (Lipinski definition) is 3. The zero-order chi connectivity index (χ0) is 14.1. The van der Waals surface area contributed by atoms with Gasteiger partial charge in [0, 0.05) is 0 Å². The average Bonchev–Trinajstić information content (AvgIpc) is 2.92. The quantitative estimate of drug-likeness (QED) is 0.811. The number of carboxylic acids is 1. The third-order valence-electron chi connectivity index (χ3n) is 3.28. The lowest BCUT2D eigenvalue weighted by molar-refractivity contribution is -0.143. The molecule has 104 valence electrons. The van der Waals surface area contributed by atoms with Gasteiger partial charge in [-0.05, 0) is 44.9 Å². The van der Waals surface area contributed by atoms with Crippen molar-refractivity contribution in [2.24, 2.45) is 11.3 Å². The summed E-state index contributed by atoms with van der Waals surface area (Å²) in [5, 5.41) is 11.7. The standard InChI is InChI=1S/C13H23NO4/c1-12(2,3)18-11(17)14-9(10(15)16)13(4,5)8-6-7-8/h8-9H,6-7H2,1-5H3,(H,14,17)(H,15,16). The van der Waals surface area contributed by atoms with Gasteiger partial charge in [0.05, 0.1) is 0 Å². The van der Waals surface area contributed by atoms with Crippen LogP contribution in [-0.2, 0) is 9.53 Å². The molecule has 1 unspecified atom stereocenters. The van der Waals surface area contributed by atoms with Gasteiger partial charge in [-0.2, -0.15) is 0 Å². The van der Waals surface area contributed by atoms with E-state index in [0.717, 1.165) is 12.8 Å². The van der Waals surface area contributed by atoms with Gasteiger partial charge in [-0.25, -0.2) is 9.59 Å². The predicted octanol–water partition coefficient (Wildman–Crippen LogP) is 2.40. The van der Waals surface area contributed by atoms with Gasteiger partial charge >= 0.3 is 12.1 Å². The molecular weight excluding hydrogens is 234 g/mol.